The van der Waals surface area contributed by atoms with E-state index in [4.69, 9.17) is 0 Å². The monoisotopic (exact) mass is 270 g/mol. The van der Waals surface area contributed by atoms with E-state index < -0.39 is 17.8 Å². The molecule has 108 valence electrons. The average molecular weight is 270 g/mol. The van der Waals surface area contributed by atoms with Crippen molar-refractivity contribution in [3.05, 3.63) is 0 Å². The van der Waals surface area contributed by atoms with E-state index in [0.29, 0.717) is 0 Å². The molecular weight excluding hydrogens is 250 g/mol. The molecule has 0 aliphatic rings. The van der Waals surface area contributed by atoms with Crippen molar-refractivity contribution in [2.75, 3.05) is 0 Å². The summed E-state index contributed by atoms with van der Waals surface area (Å²) in [6.07, 6.45) is -10.5. The van der Waals surface area contributed by atoms with Gasteiger partial charge in [0.1, 0.15) is 5.78 Å². The lowest BCUT2D eigenvalue weighted by Crippen LogP contribution is -2.44. The summed E-state index contributed by atoms with van der Waals surface area (Å²) in [7, 11) is 0. The molecule has 0 spiro atoms. The first kappa shape index (κ1) is 25.2. The minimum Gasteiger partial charge on any atom is -0.300 e. The van der Waals surface area contributed by atoms with Crippen molar-refractivity contribution in [2.24, 2.45) is 5.41 Å². The van der Waals surface area contributed by atoms with Crippen LogP contribution in [-0.4, -0.2) is 18.1 Å². The molecule has 0 aromatic rings. The molecule has 0 atom stereocenters. The number of hydrogen-bond donors (Lipinski definition) is 0. The van der Waals surface area contributed by atoms with Crippen LogP contribution in [0.1, 0.15) is 42.5 Å². The van der Waals surface area contributed by atoms with Gasteiger partial charge in [-0.25, -0.2) is 0 Å². The normalized spacial score (nSPS) is 11.4. The lowest BCUT2D eigenvalue weighted by molar-refractivity contribution is -0.327. The predicted octanol–water partition coefficient (Wildman–Crippen LogP) is 5.00. The molecule has 0 rings (SSSR count). The van der Waals surface area contributed by atoms with Crippen molar-refractivity contribution in [2.45, 2.75) is 54.9 Å². The van der Waals surface area contributed by atoms with Gasteiger partial charge in [0.05, 0.1) is 0 Å². The van der Waals surface area contributed by atoms with Gasteiger partial charge in [-0.15, -0.1) is 0 Å². The summed E-state index contributed by atoms with van der Waals surface area (Å²) in [5.74, 6) is 0.167. The van der Waals surface area contributed by atoms with Gasteiger partial charge in [0.2, 0.25) is 0 Å². The Kier molecular flexibility index (Phi) is 11.2. The van der Waals surface area contributed by atoms with Gasteiger partial charge in [-0.3, -0.25) is 0 Å². The second kappa shape index (κ2) is 7.55. The summed E-state index contributed by atoms with van der Waals surface area (Å²) >= 11 is 0. The standard InChI is InChI=1S/C5H6F6.C3H6O.2CH4/c1-3(2,4(6,7)8)5(9,10)11;1-3(2)4;;/h1-2H3;1-2H3;2*1H4. The van der Waals surface area contributed by atoms with Crippen LogP contribution in [0.25, 0.3) is 0 Å². The van der Waals surface area contributed by atoms with Crippen molar-refractivity contribution in [3.63, 3.8) is 0 Å². The number of ketones is 1. The van der Waals surface area contributed by atoms with Gasteiger partial charge in [-0.1, -0.05) is 14.9 Å². The lowest BCUT2D eigenvalue weighted by atomic mass is 9.92. The summed E-state index contributed by atoms with van der Waals surface area (Å²) in [5, 5.41) is 0. The number of carbonyl (C=O) groups excluding carboxylic acids is 1. The molecule has 0 unspecified atom stereocenters. The van der Waals surface area contributed by atoms with Gasteiger partial charge in [-0.05, 0) is 27.7 Å². The largest absolute Gasteiger partial charge is 0.402 e. The topological polar surface area (TPSA) is 17.1 Å². The maximum absolute atomic E-state index is 11.6. The maximum atomic E-state index is 11.6. The fourth-order valence-corrected chi connectivity index (χ4v) is 0.161. The third-order valence-electron chi connectivity index (χ3n) is 1.42. The van der Waals surface area contributed by atoms with Gasteiger partial charge in [0.25, 0.3) is 0 Å². The molecule has 0 N–H and O–H groups in total. The predicted molar refractivity (Wildman–Crippen MR) is 55.7 cm³/mol. The molecular formula is C10H20F6O. The van der Waals surface area contributed by atoms with Crippen molar-refractivity contribution in [3.8, 4) is 0 Å². The summed E-state index contributed by atoms with van der Waals surface area (Å²) in [6, 6.07) is 0. The molecule has 0 bridgehead atoms. The van der Waals surface area contributed by atoms with Crippen LogP contribution in [0, 0.1) is 5.41 Å². The molecule has 0 radical (unpaired) electrons. The van der Waals surface area contributed by atoms with E-state index in [1.54, 1.807) is 0 Å². The highest BCUT2D eigenvalue weighted by Crippen LogP contribution is 2.49. The Balaban J connectivity index is -0.000000123. The fraction of sp³-hybridized carbons (Fsp3) is 0.900. The maximum Gasteiger partial charge on any atom is 0.402 e. The molecule has 0 aliphatic carbocycles. The van der Waals surface area contributed by atoms with Crippen LogP contribution in [0.2, 0.25) is 0 Å². The van der Waals surface area contributed by atoms with Crippen molar-refractivity contribution in [1.82, 2.24) is 0 Å². The van der Waals surface area contributed by atoms with Crippen LogP contribution in [-0.2, 0) is 4.79 Å². The summed E-state index contributed by atoms with van der Waals surface area (Å²) < 4.78 is 69.7. The first-order valence-corrected chi connectivity index (χ1v) is 3.84. The Morgan fingerprint density at radius 2 is 0.882 bits per heavy atom. The van der Waals surface area contributed by atoms with E-state index in [1.165, 1.54) is 13.8 Å². The van der Waals surface area contributed by atoms with E-state index in [0.717, 1.165) is 0 Å². The third-order valence-corrected chi connectivity index (χ3v) is 1.42. The minimum absolute atomic E-state index is 0. The van der Waals surface area contributed by atoms with Crippen LogP contribution in [0.5, 0.6) is 0 Å². The van der Waals surface area contributed by atoms with E-state index in [2.05, 4.69) is 0 Å². The zero-order chi connectivity index (χ0) is 13.1. The molecule has 0 aliphatic heterocycles. The highest BCUT2D eigenvalue weighted by Gasteiger charge is 2.64. The molecule has 0 saturated heterocycles. The Bertz CT molecular complexity index is 194. The molecule has 0 aromatic heterocycles. The summed E-state index contributed by atoms with van der Waals surface area (Å²) in [5.41, 5.74) is -3.62. The zero-order valence-corrected chi connectivity index (χ0v) is 8.68. The Morgan fingerprint density at radius 3 is 0.882 bits per heavy atom. The molecule has 0 heterocycles. The fourth-order valence-electron chi connectivity index (χ4n) is 0.161. The van der Waals surface area contributed by atoms with Crippen LogP contribution >= 0.6 is 0 Å². The van der Waals surface area contributed by atoms with Crippen LogP contribution in [0.15, 0.2) is 0 Å². The second-order valence-electron chi connectivity index (χ2n) is 3.53. The SMILES string of the molecule is C.C.CC(C)(C(F)(F)F)C(F)(F)F.CC(C)=O. The van der Waals surface area contributed by atoms with Gasteiger partial charge in [0, 0.05) is 0 Å². The molecule has 0 fully saturated rings. The number of Topliss-reactive ketones (excluding diaryl/α,β-unsaturated/α-hetero) is 1. The Labute approximate surface area is 98.2 Å². The van der Waals surface area contributed by atoms with Gasteiger partial charge in [0.15, 0.2) is 5.41 Å². The van der Waals surface area contributed by atoms with Crippen LogP contribution in [0.4, 0.5) is 26.3 Å². The summed E-state index contributed by atoms with van der Waals surface area (Å²) in [4.78, 5) is 9.44. The first-order chi connectivity index (χ1) is 6.23. The van der Waals surface area contributed by atoms with E-state index in [1.807, 2.05) is 0 Å². The van der Waals surface area contributed by atoms with E-state index in [9.17, 15) is 31.1 Å². The Morgan fingerprint density at radius 1 is 0.765 bits per heavy atom. The number of alkyl halides is 6. The van der Waals surface area contributed by atoms with Crippen LogP contribution < -0.4 is 0 Å². The molecule has 0 amide bonds. The first-order valence-electron chi connectivity index (χ1n) is 3.84. The quantitative estimate of drug-likeness (QED) is 0.566. The smallest absolute Gasteiger partial charge is 0.300 e. The average Bonchev–Trinajstić information content (AvgIpc) is 1.79. The number of hydrogen-bond acceptors (Lipinski definition) is 1. The highest BCUT2D eigenvalue weighted by atomic mass is 19.4. The zero-order valence-electron chi connectivity index (χ0n) is 8.68. The number of halogens is 6. The lowest BCUT2D eigenvalue weighted by Gasteiger charge is -2.29. The molecule has 17 heavy (non-hydrogen) atoms. The minimum atomic E-state index is -5.24. The second-order valence-corrected chi connectivity index (χ2v) is 3.53. The highest BCUT2D eigenvalue weighted by molar-refractivity contribution is 5.72. The van der Waals surface area contributed by atoms with Gasteiger partial charge < -0.3 is 4.79 Å². The summed E-state index contributed by atoms with van der Waals surface area (Å²) in [6.45, 7) is 3.26. The van der Waals surface area contributed by atoms with Crippen LogP contribution in [0.3, 0.4) is 0 Å². The molecule has 1 nitrogen and oxygen atoms in total. The van der Waals surface area contributed by atoms with Gasteiger partial charge >= 0.3 is 12.4 Å². The number of rotatable bonds is 0. The molecule has 0 aromatic carbocycles. The van der Waals surface area contributed by atoms with Crippen molar-refractivity contribution in [1.29, 1.82) is 0 Å². The van der Waals surface area contributed by atoms with Crippen molar-refractivity contribution < 1.29 is 31.1 Å². The molecule has 7 heteroatoms. The molecule has 0 saturated carbocycles. The van der Waals surface area contributed by atoms with Crippen molar-refractivity contribution >= 4 is 5.78 Å². The third kappa shape index (κ3) is 9.00. The van der Waals surface area contributed by atoms with E-state index in [-0.39, 0.29) is 34.5 Å². The van der Waals surface area contributed by atoms with E-state index >= 15 is 0 Å². The van der Waals surface area contributed by atoms with Gasteiger partial charge in [-0.2, -0.15) is 26.3 Å². The Hall–Kier alpha value is -0.750. The number of carbonyl (C=O) groups is 1.